The third-order valence-corrected chi connectivity index (χ3v) is 3.31. The second kappa shape index (κ2) is 6.07. The molecule has 0 saturated carbocycles. The molecule has 0 bridgehead atoms. The number of urea groups is 1. The van der Waals surface area contributed by atoms with Crippen LogP contribution < -0.4 is 10.6 Å². The third-order valence-electron chi connectivity index (χ3n) is 2.47. The van der Waals surface area contributed by atoms with E-state index in [0.717, 1.165) is 0 Å². The van der Waals surface area contributed by atoms with Gasteiger partial charge in [0.2, 0.25) is 5.54 Å². The number of nitrogens with one attached hydrogen (secondary N) is 2. The van der Waals surface area contributed by atoms with Crippen molar-refractivity contribution in [2.45, 2.75) is 25.1 Å². The maximum atomic E-state index is 12.6. The molecule has 1 aromatic heterocycles. The van der Waals surface area contributed by atoms with Gasteiger partial charge >= 0.3 is 18.2 Å². The average molecular weight is 311 g/mol. The van der Waals surface area contributed by atoms with Crippen LogP contribution in [0.5, 0.6) is 0 Å². The first-order valence-electron chi connectivity index (χ1n) is 5.41. The van der Waals surface area contributed by atoms with Gasteiger partial charge in [-0.3, -0.25) is 0 Å². The first-order valence-corrected chi connectivity index (χ1v) is 6.29. The third kappa shape index (κ3) is 3.83. The van der Waals surface area contributed by atoms with E-state index < -0.39 is 23.7 Å². The summed E-state index contributed by atoms with van der Waals surface area (Å²) in [5.74, 6) is -2.18. The van der Waals surface area contributed by atoms with Crippen molar-refractivity contribution in [3.05, 3.63) is 16.6 Å². The molecule has 0 fully saturated rings. The number of aromatic nitrogens is 1. The molecule has 112 valence electrons. The number of amides is 2. The minimum absolute atomic E-state index is 0.0485. The molecule has 1 unspecified atom stereocenters. The summed E-state index contributed by atoms with van der Waals surface area (Å²) in [4.78, 5) is 26.0. The minimum atomic E-state index is -5.11. The van der Waals surface area contributed by atoms with E-state index in [-0.39, 0.29) is 6.54 Å². The van der Waals surface area contributed by atoms with Crippen LogP contribution in [0.15, 0.2) is 11.6 Å². The second-order valence-electron chi connectivity index (χ2n) is 3.98. The number of thiazole rings is 1. The van der Waals surface area contributed by atoms with Gasteiger partial charge in [0.05, 0.1) is 5.01 Å². The SMILES string of the molecule is CC(NC(=O)NCCc1nccs1)(C(=O)O)C(F)(F)F. The smallest absolute Gasteiger partial charge is 0.422 e. The van der Waals surface area contributed by atoms with Gasteiger partial charge in [-0.15, -0.1) is 11.3 Å². The molecule has 10 heteroatoms. The van der Waals surface area contributed by atoms with E-state index in [1.807, 2.05) is 0 Å². The van der Waals surface area contributed by atoms with Crippen LogP contribution >= 0.6 is 11.3 Å². The topological polar surface area (TPSA) is 91.3 Å². The Morgan fingerprint density at radius 2 is 2.10 bits per heavy atom. The Balaban J connectivity index is 2.53. The Morgan fingerprint density at radius 3 is 2.55 bits per heavy atom. The van der Waals surface area contributed by atoms with E-state index in [4.69, 9.17) is 5.11 Å². The molecule has 0 aliphatic rings. The van der Waals surface area contributed by atoms with E-state index in [1.165, 1.54) is 16.7 Å². The first kappa shape index (κ1) is 16.2. The molecular formula is C10H12F3N3O3S. The van der Waals surface area contributed by atoms with Crippen molar-refractivity contribution in [2.75, 3.05) is 6.54 Å². The Bertz CT molecular complexity index is 478. The number of nitrogens with zero attached hydrogens (tertiary/aromatic N) is 1. The van der Waals surface area contributed by atoms with Gasteiger partial charge in [0, 0.05) is 24.5 Å². The fourth-order valence-electron chi connectivity index (χ4n) is 1.18. The molecule has 0 aliphatic heterocycles. The molecule has 2 amide bonds. The van der Waals surface area contributed by atoms with E-state index in [9.17, 15) is 22.8 Å². The normalized spacial score (nSPS) is 14.4. The molecule has 3 N–H and O–H groups in total. The quantitative estimate of drug-likeness (QED) is 0.766. The Labute approximate surface area is 116 Å². The van der Waals surface area contributed by atoms with Gasteiger partial charge in [0.25, 0.3) is 0 Å². The molecule has 1 heterocycles. The summed E-state index contributed by atoms with van der Waals surface area (Å²) in [6.07, 6.45) is -3.20. The van der Waals surface area contributed by atoms with E-state index >= 15 is 0 Å². The number of rotatable bonds is 5. The molecule has 0 spiro atoms. The van der Waals surface area contributed by atoms with Gasteiger partial charge < -0.3 is 15.7 Å². The van der Waals surface area contributed by atoms with E-state index in [2.05, 4.69) is 10.3 Å². The number of carboxylic acid groups (broad SMARTS) is 1. The van der Waals surface area contributed by atoms with Gasteiger partial charge in [-0.1, -0.05) is 0 Å². The monoisotopic (exact) mass is 311 g/mol. The maximum Gasteiger partial charge on any atom is 0.422 e. The number of hydrogen-bond acceptors (Lipinski definition) is 4. The van der Waals surface area contributed by atoms with Crippen molar-refractivity contribution >= 4 is 23.3 Å². The van der Waals surface area contributed by atoms with Crippen molar-refractivity contribution < 1.29 is 27.9 Å². The highest BCUT2D eigenvalue weighted by atomic mass is 32.1. The first-order chi connectivity index (χ1) is 9.17. The number of carbonyl (C=O) groups is 2. The lowest BCUT2D eigenvalue weighted by Crippen LogP contribution is -2.63. The number of alkyl halides is 3. The number of aliphatic carboxylic acids is 1. The highest BCUT2D eigenvalue weighted by molar-refractivity contribution is 7.09. The molecule has 0 radical (unpaired) electrons. The summed E-state index contributed by atoms with van der Waals surface area (Å²) < 4.78 is 37.9. The lowest BCUT2D eigenvalue weighted by atomic mass is 10.0. The Hall–Kier alpha value is -1.84. The van der Waals surface area contributed by atoms with Crippen LogP contribution in [0.25, 0.3) is 0 Å². The molecule has 20 heavy (non-hydrogen) atoms. The van der Waals surface area contributed by atoms with Crippen LogP contribution in [0.3, 0.4) is 0 Å². The fourth-order valence-corrected chi connectivity index (χ4v) is 1.80. The minimum Gasteiger partial charge on any atom is -0.479 e. The molecule has 0 aliphatic carbocycles. The summed E-state index contributed by atoms with van der Waals surface area (Å²) in [5, 5.41) is 14.6. The van der Waals surface area contributed by atoms with Gasteiger partial charge in [0.1, 0.15) is 0 Å². The molecule has 0 aromatic carbocycles. The van der Waals surface area contributed by atoms with Crippen LogP contribution in [0.4, 0.5) is 18.0 Å². The fraction of sp³-hybridized carbons (Fsp3) is 0.500. The highest BCUT2D eigenvalue weighted by Crippen LogP contribution is 2.30. The molecule has 6 nitrogen and oxygen atoms in total. The largest absolute Gasteiger partial charge is 0.479 e. The summed E-state index contributed by atoms with van der Waals surface area (Å²) in [6, 6.07) is -1.20. The van der Waals surface area contributed by atoms with Crippen LogP contribution in [-0.2, 0) is 11.2 Å². The average Bonchev–Trinajstić information content (AvgIpc) is 2.80. The van der Waals surface area contributed by atoms with E-state index in [1.54, 1.807) is 11.6 Å². The Morgan fingerprint density at radius 1 is 1.45 bits per heavy atom. The Kier molecular flexibility index (Phi) is 4.93. The van der Waals surface area contributed by atoms with Gasteiger partial charge in [0.15, 0.2) is 0 Å². The summed E-state index contributed by atoms with van der Waals surface area (Å²) in [5.41, 5.74) is -3.34. The highest BCUT2D eigenvalue weighted by Gasteiger charge is 2.58. The zero-order valence-corrected chi connectivity index (χ0v) is 11.1. The second-order valence-corrected chi connectivity index (χ2v) is 4.96. The van der Waals surface area contributed by atoms with Gasteiger partial charge in [-0.2, -0.15) is 13.2 Å². The lowest BCUT2D eigenvalue weighted by molar-refractivity contribution is -0.203. The summed E-state index contributed by atoms with van der Waals surface area (Å²) in [7, 11) is 0. The van der Waals surface area contributed by atoms with Gasteiger partial charge in [-0.05, 0) is 6.92 Å². The molecular weight excluding hydrogens is 299 g/mol. The number of halogens is 3. The predicted octanol–water partition coefficient (Wildman–Crippen LogP) is 1.39. The van der Waals surface area contributed by atoms with E-state index in [0.29, 0.717) is 18.4 Å². The standard InChI is InChI=1S/C10H12F3N3O3S/c1-9(7(17)18,10(11,12)13)16-8(19)15-3-2-6-14-4-5-20-6/h4-5H,2-3H2,1H3,(H,17,18)(H2,15,16,19). The molecule has 1 aromatic rings. The van der Waals surface area contributed by atoms with Crippen molar-refractivity contribution in [3.8, 4) is 0 Å². The number of hydrogen-bond donors (Lipinski definition) is 3. The number of carboxylic acids is 1. The van der Waals surface area contributed by atoms with Crippen molar-refractivity contribution in [1.29, 1.82) is 0 Å². The molecule has 0 saturated heterocycles. The van der Waals surface area contributed by atoms with Crippen molar-refractivity contribution in [2.24, 2.45) is 0 Å². The maximum absolute atomic E-state index is 12.6. The van der Waals surface area contributed by atoms with Crippen LogP contribution in [0.2, 0.25) is 0 Å². The number of carbonyl (C=O) groups excluding carboxylic acids is 1. The zero-order valence-electron chi connectivity index (χ0n) is 10.3. The zero-order chi connectivity index (χ0) is 15.4. The van der Waals surface area contributed by atoms with Crippen molar-refractivity contribution in [3.63, 3.8) is 0 Å². The van der Waals surface area contributed by atoms with Crippen molar-refractivity contribution in [1.82, 2.24) is 15.6 Å². The lowest BCUT2D eigenvalue weighted by Gasteiger charge is -2.28. The van der Waals surface area contributed by atoms with Crippen LogP contribution in [0, 0.1) is 0 Å². The van der Waals surface area contributed by atoms with Crippen LogP contribution in [0.1, 0.15) is 11.9 Å². The summed E-state index contributed by atoms with van der Waals surface area (Å²) in [6.45, 7) is 0.433. The summed E-state index contributed by atoms with van der Waals surface area (Å²) >= 11 is 1.34. The predicted molar refractivity (Wildman–Crippen MR) is 64.4 cm³/mol. The van der Waals surface area contributed by atoms with Crippen LogP contribution in [-0.4, -0.2) is 40.4 Å². The molecule has 1 rings (SSSR count). The van der Waals surface area contributed by atoms with Gasteiger partial charge in [-0.25, -0.2) is 14.6 Å². The molecule has 1 atom stereocenters.